The summed E-state index contributed by atoms with van der Waals surface area (Å²) in [6.45, 7) is 5.61. The minimum atomic E-state index is -0.116. The Morgan fingerprint density at radius 3 is 2.69 bits per heavy atom. The molecule has 0 unspecified atom stereocenters. The first-order valence-electron chi connectivity index (χ1n) is 8.09. The van der Waals surface area contributed by atoms with Crippen LogP contribution < -0.4 is 9.64 Å². The number of hydrogen-bond donors (Lipinski definition) is 0. The van der Waals surface area contributed by atoms with Crippen molar-refractivity contribution in [2.24, 2.45) is 0 Å². The first-order chi connectivity index (χ1) is 12.3. The van der Waals surface area contributed by atoms with Crippen LogP contribution in [-0.4, -0.2) is 22.3 Å². The summed E-state index contributed by atoms with van der Waals surface area (Å²) in [5, 5.41) is 0.885. The molecule has 2 aromatic heterocycles. The Hall–Kier alpha value is -2.24. The second-order valence-electron chi connectivity index (χ2n) is 6.07. The third kappa shape index (κ3) is 3.24. The fraction of sp³-hybridized carbons (Fsp3) is 0.263. The number of carbonyl (C=O) groups excluding carboxylic acids is 1. The predicted octanol–water partition coefficient (Wildman–Crippen LogP) is 4.82. The number of carbonyl (C=O) groups is 1. The van der Waals surface area contributed by atoms with Crippen LogP contribution in [0.2, 0.25) is 10.0 Å². The number of rotatable bonds is 4. The van der Waals surface area contributed by atoms with Crippen LogP contribution in [0.3, 0.4) is 0 Å². The van der Waals surface area contributed by atoms with E-state index in [0.717, 1.165) is 17.0 Å². The topological polar surface area (TPSA) is 46.8 Å². The molecule has 3 rings (SSSR count). The number of pyridine rings is 1. The molecule has 2 heterocycles. The summed E-state index contributed by atoms with van der Waals surface area (Å²) in [6, 6.07) is 7.19. The number of anilines is 1. The Morgan fingerprint density at radius 2 is 2.00 bits per heavy atom. The number of amides is 1. The maximum absolute atomic E-state index is 11.6. The molecule has 1 amide bonds. The number of ether oxygens (including phenoxy) is 1. The van der Waals surface area contributed by atoms with Gasteiger partial charge in [-0.15, -0.1) is 0 Å². The van der Waals surface area contributed by atoms with Gasteiger partial charge in [0.2, 0.25) is 5.91 Å². The van der Waals surface area contributed by atoms with Crippen molar-refractivity contribution in [3.63, 3.8) is 0 Å². The molecule has 0 fully saturated rings. The van der Waals surface area contributed by atoms with Crippen LogP contribution in [0.5, 0.6) is 5.75 Å². The van der Waals surface area contributed by atoms with Gasteiger partial charge in [0.05, 0.1) is 16.4 Å². The first kappa shape index (κ1) is 18.5. The van der Waals surface area contributed by atoms with Gasteiger partial charge in [-0.3, -0.25) is 4.79 Å². The van der Waals surface area contributed by atoms with Crippen LogP contribution in [0.25, 0.3) is 5.65 Å². The zero-order chi connectivity index (χ0) is 19.0. The summed E-state index contributed by atoms with van der Waals surface area (Å²) >= 11 is 12.8. The maximum atomic E-state index is 11.6. The summed E-state index contributed by atoms with van der Waals surface area (Å²) in [5.41, 5.74) is 3.97. The van der Waals surface area contributed by atoms with E-state index in [-0.39, 0.29) is 12.5 Å². The van der Waals surface area contributed by atoms with Gasteiger partial charge in [0.15, 0.2) is 11.4 Å². The second kappa shape index (κ2) is 7.17. The van der Waals surface area contributed by atoms with Gasteiger partial charge in [-0.1, -0.05) is 23.2 Å². The zero-order valence-electron chi connectivity index (χ0n) is 15.0. The minimum absolute atomic E-state index is 0.116. The van der Waals surface area contributed by atoms with Crippen molar-refractivity contribution in [2.75, 3.05) is 11.9 Å². The smallest absolute Gasteiger partial charge is 0.223 e. The number of nitrogens with zero attached hydrogens (tertiary/aromatic N) is 3. The van der Waals surface area contributed by atoms with Crippen LogP contribution in [0.4, 0.5) is 5.69 Å². The largest absolute Gasteiger partial charge is 0.485 e. The van der Waals surface area contributed by atoms with Gasteiger partial charge < -0.3 is 14.0 Å². The fourth-order valence-corrected chi connectivity index (χ4v) is 3.29. The highest BCUT2D eigenvalue weighted by Gasteiger charge is 2.17. The van der Waals surface area contributed by atoms with Crippen molar-refractivity contribution in [1.82, 2.24) is 9.38 Å². The first-order valence-corrected chi connectivity index (χ1v) is 8.85. The lowest BCUT2D eigenvalue weighted by Crippen LogP contribution is -2.23. The van der Waals surface area contributed by atoms with Crippen molar-refractivity contribution in [3.8, 4) is 5.75 Å². The van der Waals surface area contributed by atoms with E-state index in [0.29, 0.717) is 27.0 Å². The maximum Gasteiger partial charge on any atom is 0.223 e. The van der Waals surface area contributed by atoms with Crippen LogP contribution in [-0.2, 0) is 11.4 Å². The van der Waals surface area contributed by atoms with E-state index >= 15 is 0 Å². The van der Waals surface area contributed by atoms with E-state index in [1.165, 1.54) is 11.8 Å². The van der Waals surface area contributed by atoms with Crippen LogP contribution in [0, 0.1) is 13.8 Å². The summed E-state index contributed by atoms with van der Waals surface area (Å²) in [5.74, 6) is 0.523. The van der Waals surface area contributed by atoms with Gasteiger partial charge >= 0.3 is 0 Å². The van der Waals surface area contributed by atoms with E-state index in [1.54, 1.807) is 19.2 Å². The Kier molecular flexibility index (Phi) is 5.12. The number of fused-ring (bicyclic) bond motifs is 1. The lowest BCUT2D eigenvalue weighted by molar-refractivity contribution is -0.116. The van der Waals surface area contributed by atoms with E-state index in [9.17, 15) is 4.79 Å². The molecule has 5 nitrogen and oxygen atoms in total. The van der Waals surface area contributed by atoms with E-state index in [1.807, 2.05) is 36.6 Å². The Balaban J connectivity index is 1.94. The summed E-state index contributed by atoms with van der Waals surface area (Å²) < 4.78 is 7.95. The van der Waals surface area contributed by atoms with Crippen molar-refractivity contribution in [1.29, 1.82) is 0 Å². The van der Waals surface area contributed by atoms with Crippen molar-refractivity contribution in [3.05, 3.63) is 57.5 Å². The highest BCUT2D eigenvalue weighted by molar-refractivity contribution is 6.38. The number of imidazole rings is 1. The molecule has 0 saturated carbocycles. The standard InChI is InChI=1S/C19H19Cl2N3O2/c1-11-12(2)24-9-5-6-17(19(24)22-11)26-10-14-15(20)7-8-16(18(14)21)23(4)13(3)25/h5-9H,10H2,1-4H3. The number of benzene rings is 1. The predicted molar refractivity (Wildman–Crippen MR) is 105 cm³/mol. The zero-order valence-corrected chi connectivity index (χ0v) is 16.5. The normalized spacial score (nSPS) is 11.0. The SMILES string of the molecule is CC(=O)N(C)c1ccc(Cl)c(COc2cccn3c(C)c(C)nc23)c1Cl. The second-order valence-corrected chi connectivity index (χ2v) is 6.86. The van der Waals surface area contributed by atoms with Crippen LogP contribution in [0.1, 0.15) is 23.9 Å². The molecule has 26 heavy (non-hydrogen) atoms. The summed E-state index contributed by atoms with van der Waals surface area (Å²) in [4.78, 5) is 17.7. The molecule has 0 bridgehead atoms. The quantitative estimate of drug-likeness (QED) is 0.640. The average molecular weight is 392 g/mol. The van der Waals surface area contributed by atoms with E-state index in [2.05, 4.69) is 4.98 Å². The minimum Gasteiger partial charge on any atom is -0.485 e. The van der Waals surface area contributed by atoms with Crippen LogP contribution in [0.15, 0.2) is 30.5 Å². The van der Waals surface area contributed by atoms with Crippen molar-refractivity contribution in [2.45, 2.75) is 27.4 Å². The van der Waals surface area contributed by atoms with E-state index < -0.39 is 0 Å². The number of aryl methyl sites for hydroxylation is 2. The third-order valence-electron chi connectivity index (χ3n) is 4.46. The fourth-order valence-electron chi connectivity index (χ4n) is 2.68. The molecule has 7 heteroatoms. The van der Waals surface area contributed by atoms with Crippen LogP contribution >= 0.6 is 23.2 Å². The molecule has 0 radical (unpaired) electrons. The lowest BCUT2D eigenvalue weighted by atomic mass is 10.2. The lowest BCUT2D eigenvalue weighted by Gasteiger charge is -2.19. The summed E-state index contributed by atoms with van der Waals surface area (Å²) in [7, 11) is 1.67. The van der Waals surface area contributed by atoms with E-state index in [4.69, 9.17) is 27.9 Å². The van der Waals surface area contributed by atoms with Gasteiger partial charge in [0.25, 0.3) is 0 Å². The Morgan fingerprint density at radius 1 is 1.27 bits per heavy atom. The number of halogens is 2. The molecule has 1 aromatic carbocycles. The van der Waals surface area contributed by atoms with Gasteiger partial charge in [-0.25, -0.2) is 4.98 Å². The number of hydrogen-bond acceptors (Lipinski definition) is 3. The molecule has 0 aliphatic heterocycles. The number of aromatic nitrogens is 2. The van der Waals surface area contributed by atoms with Gasteiger partial charge in [-0.05, 0) is 38.1 Å². The molecule has 0 saturated heterocycles. The van der Waals surface area contributed by atoms with Gasteiger partial charge in [-0.2, -0.15) is 0 Å². The molecule has 0 atom stereocenters. The van der Waals surface area contributed by atoms with Crippen molar-refractivity contribution < 1.29 is 9.53 Å². The average Bonchev–Trinajstić information content (AvgIpc) is 2.89. The molecule has 0 aliphatic rings. The molecule has 0 N–H and O–H groups in total. The molecule has 0 spiro atoms. The molecule has 136 valence electrons. The van der Waals surface area contributed by atoms with Crippen molar-refractivity contribution >= 4 is 40.4 Å². The highest BCUT2D eigenvalue weighted by Crippen LogP contribution is 2.35. The van der Waals surface area contributed by atoms with Gasteiger partial charge in [0, 0.05) is 36.4 Å². The highest BCUT2D eigenvalue weighted by atomic mass is 35.5. The Bertz CT molecular complexity index is 998. The molecular formula is C19H19Cl2N3O2. The summed E-state index contributed by atoms with van der Waals surface area (Å²) in [6.07, 6.45) is 1.94. The molecule has 0 aliphatic carbocycles. The molecule has 3 aromatic rings. The third-order valence-corrected chi connectivity index (χ3v) is 5.24. The van der Waals surface area contributed by atoms with Gasteiger partial charge in [0.1, 0.15) is 6.61 Å². The Labute approximate surface area is 162 Å². The molecular weight excluding hydrogens is 373 g/mol. The monoisotopic (exact) mass is 391 g/mol.